The summed E-state index contributed by atoms with van der Waals surface area (Å²) in [5.41, 5.74) is 12.1. The van der Waals surface area contributed by atoms with E-state index in [0.717, 1.165) is 49.5 Å². The van der Waals surface area contributed by atoms with Crippen molar-refractivity contribution in [2.24, 2.45) is 0 Å². The predicted molar refractivity (Wildman–Crippen MR) is 131 cm³/mol. The molecule has 1 amide bonds. The van der Waals surface area contributed by atoms with Crippen molar-refractivity contribution < 1.29 is 4.79 Å². The third-order valence-electron chi connectivity index (χ3n) is 5.66. The molecule has 3 N–H and O–H groups in total. The minimum absolute atomic E-state index is 0.131. The minimum atomic E-state index is -0.131. The van der Waals surface area contributed by atoms with Gasteiger partial charge in [0.1, 0.15) is 0 Å². The van der Waals surface area contributed by atoms with Crippen LogP contribution in [-0.4, -0.2) is 5.91 Å². The minimum Gasteiger partial charge on any atom is -0.398 e. The van der Waals surface area contributed by atoms with E-state index in [9.17, 15) is 4.79 Å². The number of rotatable bonds is 3. The normalized spacial score (nSPS) is 11.0. The van der Waals surface area contributed by atoms with Crippen molar-refractivity contribution in [2.45, 2.75) is 6.92 Å². The summed E-state index contributed by atoms with van der Waals surface area (Å²) in [6.45, 7) is 1.53. The molecule has 0 saturated heterocycles. The number of carbonyl (C=O) groups is 1. The van der Waals surface area contributed by atoms with Crippen LogP contribution in [0.25, 0.3) is 43.8 Å². The van der Waals surface area contributed by atoms with Crippen LogP contribution in [0.15, 0.2) is 97.1 Å². The Kier molecular flexibility index (Phi) is 4.64. The number of amides is 1. The molecule has 0 aromatic heterocycles. The summed E-state index contributed by atoms with van der Waals surface area (Å²) in [7, 11) is 0. The van der Waals surface area contributed by atoms with Gasteiger partial charge in [0, 0.05) is 23.4 Å². The summed E-state index contributed by atoms with van der Waals surface area (Å²) in [4.78, 5) is 12.3. The van der Waals surface area contributed by atoms with Crippen molar-refractivity contribution in [3.63, 3.8) is 0 Å². The zero-order chi connectivity index (χ0) is 21.4. The monoisotopic (exact) mass is 402 g/mol. The first-order chi connectivity index (χ1) is 15.1. The number of hydrogen-bond donors (Lipinski definition) is 2. The zero-order valence-electron chi connectivity index (χ0n) is 17.2. The van der Waals surface area contributed by atoms with Gasteiger partial charge in [-0.3, -0.25) is 4.79 Å². The quantitative estimate of drug-likeness (QED) is 0.256. The van der Waals surface area contributed by atoms with Crippen LogP contribution < -0.4 is 11.1 Å². The molecule has 0 aliphatic rings. The van der Waals surface area contributed by atoms with Crippen LogP contribution in [0.2, 0.25) is 0 Å². The predicted octanol–water partition coefficient (Wildman–Crippen LogP) is 6.87. The fourth-order valence-corrected chi connectivity index (χ4v) is 4.40. The molecule has 5 rings (SSSR count). The Morgan fingerprint density at radius 1 is 0.677 bits per heavy atom. The molecular formula is C28H22N2O. The SMILES string of the molecule is CC(=O)Nc1c(-c2ccccc2)c(N)c2c(ccc3ccccc32)c1-c1ccccc1. The topological polar surface area (TPSA) is 55.1 Å². The van der Waals surface area contributed by atoms with Crippen LogP contribution in [0, 0.1) is 0 Å². The van der Waals surface area contributed by atoms with E-state index in [1.165, 1.54) is 6.92 Å². The second kappa shape index (κ2) is 7.62. The Morgan fingerprint density at radius 3 is 1.90 bits per heavy atom. The van der Waals surface area contributed by atoms with Gasteiger partial charge in [0.05, 0.1) is 11.4 Å². The lowest BCUT2D eigenvalue weighted by Gasteiger charge is -2.22. The van der Waals surface area contributed by atoms with Gasteiger partial charge in [-0.25, -0.2) is 0 Å². The fraction of sp³-hybridized carbons (Fsp3) is 0.0357. The molecule has 31 heavy (non-hydrogen) atoms. The van der Waals surface area contributed by atoms with E-state index < -0.39 is 0 Å². The maximum absolute atomic E-state index is 12.3. The lowest BCUT2D eigenvalue weighted by molar-refractivity contribution is -0.114. The molecule has 5 aromatic rings. The smallest absolute Gasteiger partial charge is 0.221 e. The first kappa shape index (κ1) is 18.9. The van der Waals surface area contributed by atoms with Crippen molar-refractivity contribution in [1.82, 2.24) is 0 Å². The van der Waals surface area contributed by atoms with Gasteiger partial charge in [0.15, 0.2) is 0 Å². The van der Waals surface area contributed by atoms with Crippen LogP contribution in [0.5, 0.6) is 0 Å². The van der Waals surface area contributed by atoms with Crippen LogP contribution in [-0.2, 0) is 4.79 Å². The summed E-state index contributed by atoms with van der Waals surface area (Å²) in [5, 5.41) is 7.35. The highest BCUT2D eigenvalue weighted by atomic mass is 16.1. The van der Waals surface area contributed by atoms with Gasteiger partial charge >= 0.3 is 0 Å². The molecule has 0 fully saturated rings. The van der Waals surface area contributed by atoms with Crippen molar-refractivity contribution >= 4 is 38.8 Å². The van der Waals surface area contributed by atoms with E-state index in [4.69, 9.17) is 5.73 Å². The first-order valence-corrected chi connectivity index (χ1v) is 10.3. The van der Waals surface area contributed by atoms with E-state index >= 15 is 0 Å². The van der Waals surface area contributed by atoms with Crippen LogP contribution in [0.1, 0.15) is 6.92 Å². The highest BCUT2D eigenvalue weighted by Crippen LogP contribution is 2.48. The molecule has 0 aliphatic heterocycles. The standard InChI is InChI=1S/C28H22N2O/c1-18(31)30-28-24(20-11-4-2-5-12-20)23-17-16-19-10-8-9-15-22(19)26(23)27(29)25(28)21-13-6-3-7-14-21/h2-17H,29H2,1H3,(H,30,31). The molecule has 0 aliphatic carbocycles. The number of anilines is 2. The Hall–Kier alpha value is -4.11. The van der Waals surface area contributed by atoms with Crippen LogP contribution >= 0.6 is 0 Å². The molecule has 5 aromatic carbocycles. The second-order valence-corrected chi connectivity index (χ2v) is 7.66. The molecule has 3 heteroatoms. The van der Waals surface area contributed by atoms with Gasteiger partial charge in [-0.05, 0) is 27.3 Å². The van der Waals surface area contributed by atoms with E-state index in [0.29, 0.717) is 5.69 Å². The maximum Gasteiger partial charge on any atom is 0.221 e. The number of nitrogens with one attached hydrogen (secondary N) is 1. The molecular weight excluding hydrogens is 380 g/mol. The van der Waals surface area contributed by atoms with Gasteiger partial charge in [-0.15, -0.1) is 0 Å². The lowest BCUT2D eigenvalue weighted by atomic mass is 9.87. The highest BCUT2D eigenvalue weighted by Gasteiger charge is 2.22. The largest absolute Gasteiger partial charge is 0.398 e. The average molecular weight is 402 g/mol. The van der Waals surface area contributed by atoms with Crippen molar-refractivity contribution in [3.8, 4) is 22.3 Å². The number of benzene rings is 5. The second-order valence-electron chi connectivity index (χ2n) is 7.66. The molecule has 0 radical (unpaired) electrons. The van der Waals surface area contributed by atoms with E-state index in [2.05, 4.69) is 41.7 Å². The number of hydrogen-bond acceptors (Lipinski definition) is 2. The highest BCUT2D eigenvalue weighted by molar-refractivity contribution is 6.25. The van der Waals surface area contributed by atoms with Gasteiger partial charge in [-0.1, -0.05) is 97.1 Å². The Balaban J connectivity index is 2.04. The summed E-state index contributed by atoms with van der Waals surface area (Å²) in [6.07, 6.45) is 0. The Bertz CT molecular complexity index is 1420. The molecule has 3 nitrogen and oxygen atoms in total. The molecule has 150 valence electrons. The Morgan fingerprint density at radius 2 is 1.26 bits per heavy atom. The molecule has 0 atom stereocenters. The number of carbonyl (C=O) groups excluding carboxylic acids is 1. The maximum atomic E-state index is 12.3. The van der Waals surface area contributed by atoms with E-state index in [1.54, 1.807) is 0 Å². The number of nitrogens with two attached hydrogens (primary N) is 1. The first-order valence-electron chi connectivity index (χ1n) is 10.3. The summed E-state index contributed by atoms with van der Waals surface area (Å²) in [5.74, 6) is -0.131. The number of fused-ring (bicyclic) bond motifs is 3. The van der Waals surface area contributed by atoms with Crippen LogP contribution in [0.3, 0.4) is 0 Å². The molecule has 0 saturated carbocycles. The van der Waals surface area contributed by atoms with E-state index in [-0.39, 0.29) is 5.91 Å². The third kappa shape index (κ3) is 3.21. The van der Waals surface area contributed by atoms with Crippen molar-refractivity contribution in [1.29, 1.82) is 0 Å². The average Bonchev–Trinajstić information content (AvgIpc) is 2.80. The Labute approximate surface area is 181 Å². The molecule has 0 unspecified atom stereocenters. The van der Waals surface area contributed by atoms with Gasteiger partial charge in [0.2, 0.25) is 5.91 Å². The molecule has 0 heterocycles. The summed E-state index contributed by atoms with van der Waals surface area (Å²) >= 11 is 0. The van der Waals surface area contributed by atoms with Crippen molar-refractivity contribution in [3.05, 3.63) is 97.1 Å². The lowest BCUT2D eigenvalue weighted by Crippen LogP contribution is -2.10. The fourth-order valence-electron chi connectivity index (χ4n) is 4.40. The van der Waals surface area contributed by atoms with Gasteiger partial charge in [0.25, 0.3) is 0 Å². The van der Waals surface area contributed by atoms with E-state index in [1.807, 2.05) is 60.7 Å². The van der Waals surface area contributed by atoms with Gasteiger partial charge < -0.3 is 11.1 Å². The van der Waals surface area contributed by atoms with Gasteiger partial charge in [-0.2, -0.15) is 0 Å². The summed E-state index contributed by atoms with van der Waals surface area (Å²) in [6, 6.07) is 32.7. The van der Waals surface area contributed by atoms with Crippen molar-refractivity contribution in [2.75, 3.05) is 11.1 Å². The number of nitrogen functional groups attached to an aromatic ring is 1. The molecule has 0 bridgehead atoms. The zero-order valence-corrected chi connectivity index (χ0v) is 17.2. The van der Waals surface area contributed by atoms with Crippen LogP contribution in [0.4, 0.5) is 11.4 Å². The summed E-state index contributed by atoms with van der Waals surface area (Å²) < 4.78 is 0. The third-order valence-corrected chi connectivity index (χ3v) is 5.66. The molecule has 0 spiro atoms.